The molecular formula is C39H36Cl2FN3O6. The van der Waals surface area contributed by atoms with Crippen LogP contribution in [0.3, 0.4) is 0 Å². The Kier molecular flexibility index (Phi) is 8.27. The summed E-state index contributed by atoms with van der Waals surface area (Å²) in [5.74, 6) is -6.03. The van der Waals surface area contributed by atoms with Crippen LogP contribution in [-0.4, -0.2) is 74.5 Å². The number of amides is 4. The molecule has 0 bridgehead atoms. The molecule has 12 heteroatoms. The first-order valence-corrected chi connectivity index (χ1v) is 18.0. The molecule has 0 spiro atoms. The second kappa shape index (κ2) is 12.5. The van der Waals surface area contributed by atoms with E-state index in [-0.39, 0.29) is 47.7 Å². The van der Waals surface area contributed by atoms with Crippen molar-refractivity contribution in [1.82, 2.24) is 9.80 Å². The number of rotatable bonds is 6. The van der Waals surface area contributed by atoms with Crippen LogP contribution in [0.2, 0.25) is 0 Å². The fraction of sp³-hybridized carbons (Fsp3) is 0.385. The Hall–Kier alpha value is -4.25. The van der Waals surface area contributed by atoms with Gasteiger partial charge in [-0.3, -0.25) is 29.0 Å². The van der Waals surface area contributed by atoms with E-state index in [9.17, 15) is 28.7 Å². The third kappa shape index (κ3) is 5.04. The summed E-state index contributed by atoms with van der Waals surface area (Å²) in [6, 6.07) is 19.2. The molecule has 0 aromatic heterocycles. The molecule has 1 saturated carbocycles. The number of alkyl halides is 2. The third-order valence-corrected chi connectivity index (χ3v) is 13.1. The zero-order valence-corrected chi connectivity index (χ0v) is 29.3. The van der Waals surface area contributed by atoms with Crippen molar-refractivity contribution < 1.29 is 33.4 Å². The van der Waals surface area contributed by atoms with Gasteiger partial charge in [0, 0.05) is 37.2 Å². The minimum absolute atomic E-state index is 0.0844. The van der Waals surface area contributed by atoms with Gasteiger partial charge in [0.15, 0.2) is 9.75 Å². The number of methoxy groups -OCH3 is 1. The number of likely N-dealkylation sites (tertiary alicyclic amines) is 2. The van der Waals surface area contributed by atoms with Crippen molar-refractivity contribution in [2.24, 2.45) is 17.8 Å². The molecular weight excluding hydrogens is 696 g/mol. The summed E-state index contributed by atoms with van der Waals surface area (Å²) in [4.78, 5) is 58.1. The van der Waals surface area contributed by atoms with E-state index in [4.69, 9.17) is 27.9 Å². The maximum atomic E-state index is 14.6. The summed E-state index contributed by atoms with van der Waals surface area (Å²) < 4.78 is 19.4. The quantitative estimate of drug-likeness (QED) is 0.195. The zero-order valence-electron chi connectivity index (χ0n) is 27.8. The van der Waals surface area contributed by atoms with Crippen LogP contribution in [0.15, 0.2) is 84.4 Å². The number of anilines is 1. The van der Waals surface area contributed by atoms with E-state index in [0.29, 0.717) is 24.2 Å². The van der Waals surface area contributed by atoms with Crippen LogP contribution >= 0.6 is 23.2 Å². The highest BCUT2D eigenvalue weighted by Gasteiger charge is 2.77. The maximum Gasteiger partial charge on any atom is 0.258 e. The van der Waals surface area contributed by atoms with Crippen molar-refractivity contribution >= 4 is 52.5 Å². The van der Waals surface area contributed by atoms with Gasteiger partial charge in [0.1, 0.15) is 17.3 Å². The van der Waals surface area contributed by atoms with Gasteiger partial charge < -0.3 is 9.84 Å². The smallest absolute Gasteiger partial charge is 0.258 e. The van der Waals surface area contributed by atoms with E-state index in [2.05, 4.69) is 17.0 Å². The number of phenols is 1. The highest BCUT2D eigenvalue weighted by Crippen LogP contribution is 2.66. The highest BCUT2D eigenvalue weighted by molar-refractivity contribution is 6.58. The second-order valence-corrected chi connectivity index (χ2v) is 15.5. The average Bonchev–Trinajstić information content (AvgIpc) is 3.47. The number of allylic oxidation sites excluding steroid dienone is 2. The minimum atomic E-state index is -2.16. The lowest BCUT2D eigenvalue weighted by molar-refractivity contribution is -0.144. The van der Waals surface area contributed by atoms with Crippen molar-refractivity contribution in [1.29, 1.82) is 0 Å². The zero-order chi connectivity index (χ0) is 35.8. The van der Waals surface area contributed by atoms with Crippen LogP contribution in [0.1, 0.15) is 42.7 Å². The number of carbonyl (C=O) groups is 4. The number of halogens is 3. The number of hydrogen-bond acceptors (Lipinski definition) is 7. The summed E-state index contributed by atoms with van der Waals surface area (Å²) >= 11 is 14.9. The molecule has 4 amide bonds. The number of aromatic hydroxyl groups is 1. The summed E-state index contributed by atoms with van der Waals surface area (Å²) in [6.07, 6.45) is 3.14. The lowest BCUT2D eigenvalue weighted by Gasteiger charge is -2.50. The van der Waals surface area contributed by atoms with Crippen molar-refractivity contribution in [2.45, 2.75) is 53.9 Å². The van der Waals surface area contributed by atoms with Gasteiger partial charge in [-0.1, -0.05) is 42.0 Å². The summed E-state index contributed by atoms with van der Waals surface area (Å²) in [5.41, 5.74) is 2.05. The van der Waals surface area contributed by atoms with Crippen LogP contribution in [0.25, 0.3) is 0 Å². The second-order valence-electron chi connectivity index (χ2n) is 14.2. The van der Waals surface area contributed by atoms with E-state index in [0.717, 1.165) is 36.7 Å². The van der Waals surface area contributed by atoms with Crippen LogP contribution in [0.5, 0.6) is 11.5 Å². The Morgan fingerprint density at radius 1 is 0.902 bits per heavy atom. The number of piperidine rings is 1. The number of hydrogen-bond donors (Lipinski definition) is 1. The van der Waals surface area contributed by atoms with Gasteiger partial charge in [0.2, 0.25) is 11.8 Å². The molecule has 6 atom stereocenters. The first-order chi connectivity index (χ1) is 24.5. The van der Waals surface area contributed by atoms with Crippen LogP contribution in [-0.2, 0) is 25.7 Å². The monoisotopic (exact) mass is 731 g/mol. The van der Waals surface area contributed by atoms with Gasteiger partial charge in [0.05, 0.1) is 24.6 Å². The minimum Gasteiger partial charge on any atom is -0.508 e. The summed E-state index contributed by atoms with van der Waals surface area (Å²) in [7, 11) is 1.46. The molecule has 3 aliphatic heterocycles. The van der Waals surface area contributed by atoms with Crippen molar-refractivity contribution in [3.63, 3.8) is 0 Å². The number of nitrogens with zero attached hydrogens (tertiary/aromatic N) is 3. The Balaban J connectivity index is 1.16. The number of ether oxygens (including phenoxy) is 1. The molecule has 8 rings (SSSR count). The SMILES string of the molecule is COc1ccc(O)c([C@H]2C3=CC[C@@H]4C(=O)N(C5CCN(Cc6ccccc6)CC5)C(=O)[C@@H]4[C@@H]3C[C@@]3(Cl)C(=O)N(c4ccc(F)cc4)C(=O)[C@@]23Cl)c1. The molecule has 9 nitrogen and oxygen atoms in total. The summed E-state index contributed by atoms with van der Waals surface area (Å²) in [6.45, 7) is 2.24. The highest BCUT2D eigenvalue weighted by atomic mass is 35.5. The summed E-state index contributed by atoms with van der Waals surface area (Å²) in [5, 5.41) is 11.3. The largest absolute Gasteiger partial charge is 0.508 e. The fourth-order valence-corrected chi connectivity index (χ4v) is 10.1. The molecule has 51 heavy (non-hydrogen) atoms. The van der Waals surface area contributed by atoms with E-state index < -0.39 is 51.1 Å². The van der Waals surface area contributed by atoms with E-state index >= 15 is 0 Å². The van der Waals surface area contributed by atoms with Gasteiger partial charge in [-0.05, 0) is 79.6 Å². The maximum absolute atomic E-state index is 14.6. The topological polar surface area (TPSA) is 107 Å². The van der Waals surface area contributed by atoms with Crippen molar-refractivity contribution in [2.75, 3.05) is 25.1 Å². The molecule has 264 valence electrons. The Bertz CT molecular complexity index is 1970. The molecule has 2 aliphatic carbocycles. The van der Waals surface area contributed by atoms with Crippen LogP contribution in [0, 0.1) is 23.6 Å². The van der Waals surface area contributed by atoms with Gasteiger partial charge >= 0.3 is 0 Å². The molecule has 1 N–H and O–H groups in total. The van der Waals surface area contributed by atoms with Crippen molar-refractivity contribution in [3.8, 4) is 11.5 Å². The predicted molar refractivity (Wildman–Crippen MR) is 188 cm³/mol. The number of benzene rings is 3. The molecule has 3 aromatic carbocycles. The Morgan fingerprint density at radius 3 is 2.29 bits per heavy atom. The number of phenolic OH excluding ortho intramolecular Hbond substituents is 1. The Morgan fingerprint density at radius 2 is 1.61 bits per heavy atom. The molecule has 3 heterocycles. The van der Waals surface area contributed by atoms with Crippen LogP contribution in [0.4, 0.5) is 10.1 Å². The molecule has 0 unspecified atom stereocenters. The number of imide groups is 2. The van der Waals surface area contributed by atoms with Gasteiger partial charge in [0.25, 0.3) is 11.8 Å². The van der Waals surface area contributed by atoms with Crippen LogP contribution < -0.4 is 9.64 Å². The van der Waals surface area contributed by atoms with E-state index in [1.807, 2.05) is 24.3 Å². The molecule has 0 radical (unpaired) electrons. The fourth-order valence-electron chi connectivity index (χ4n) is 9.20. The first-order valence-electron chi connectivity index (χ1n) is 17.2. The van der Waals surface area contributed by atoms with E-state index in [1.165, 1.54) is 35.8 Å². The lowest BCUT2D eigenvalue weighted by atomic mass is 9.56. The number of carbonyl (C=O) groups excluding carboxylic acids is 4. The standard InChI is InChI=1S/C39H36Cl2FN3O6/c1-51-26-11-14-31(46)29(19-26)33-27-12-13-28-32(35(48)44(34(28)47)25-15-17-43(18-16-25)21-22-5-3-2-4-6-22)30(27)20-38(40)36(49)45(37(50)39(33,38)41)24-9-7-23(42)8-10-24/h2-12,14,19,25,28,30,32-33,46H,13,15-18,20-21H2,1H3/t28-,30+,32-,33+,38+,39-/m0/s1. The Labute approximate surface area is 304 Å². The van der Waals surface area contributed by atoms with Gasteiger partial charge in [-0.2, -0.15) is 0 Å². The molecule has 5 aliphatic rings. The normalized spacial score (nSPS) is 31.0. The average molecular weight is 733 g/mol. The van der Waals surface area contributed by atoms with Gasteiger partial charge in [-0.15, -0.1) is 23.2 Å². The number of fused-ring (bicyclic) bond motifs is 4. The van der Waals surface area contributed by atoms with Crippen molar-refractivity contribution in [3.05, 3.63) is 101 Å². The lowest BCUT2D eigenvalue weighted by Crippen LogP contribution is -2.60. The molecule has 4 fully saturated rings. The van der Waals surface area contributed by atoms with Gasteiger partial charge in [-0.25, -0.2) is 9.29 Å². The third-order valence-electron chi connectivity index (χ3n) is 11.6. The molecule has 3 aromatic rings. The predicted octanol–water partition coefficient (Wildman–Crippen LogP) is 5.77. The first kappa shape index (κ1) is 33.9. The van der Waals surface area contributed by atoms with E-state index in [1.54, 1.807) is 12.1 Å². The molecule has 3 saturated heterocycles.